The van der Waals surface area contributed by atoms with Gasteiger partial charge in [-0.2, -0.15) is 0 Å². The number of carbonyl (C=O) groups excluding carboxylic acids is 2. The lowest BCUT2D eigenvalue weighted by molar-refractivity contribution is -0.118. The number of nitrogens with one attached hydrogen (secondary N) is 1. The Bertz CT molecular complexity index is 737. The summed E-state index contributed by atoms with van der Waals surface area (Å²) < 4.78 is 20.4. The molecule has 0 heterocycles. The van der Waals surface area contributed by atoms with Gasteiger partial charge in [-0.15, -0.1) is 0 Å². The van der Waals surface area contributed by atoms with Crippen LogP contribution in [0.5, 0.6) is 17.2 Å². The maximum atomic E-state index is 12.1. The van der Waals surface area contributed by atoms with Gasteiger partial charge in [-0.25, -0.2) is 4.79 Å². The number of benzene rings is 2. The van der Waals surface area contributed by atoms with Crippen molar-refractivity contribution in [1.29, 1.82) is 0 Å². The van der Waals surface area contributed by atoms with Crippen molar-refractivity contribution in [1.82, 2.24) is 0 Å². The van der Waals surface area contributed by atoms with Crippen molar-refractivity contribution in [3.05, 3.63) is 48.0 Å². The van der Waals surface area contributed by atoms with Crippen LogP contribution in [0.25, 0.3) is 0 Å². The summed E-state index contributed by atoms with van der Waals surface area (Å²) in [7, 11) is 4.32. The molecule has 0 saturated heterocycles. The molecule has 0 aliphatic heterocycles. The first-order valence-electron chi connectivity index (χ1n) is 7.40. The van der Waals surface area contributed by atoms with Gasteiger partial charge in [0.15, 0.2) is 6.61 Å². The first kappa shape index (κ1) is 18.1. The van der Waals surface area contributed by atoms with Gasteiger partial charge in [0.1, 0.15) is 17.2 Å². The van der Waals surface area contributed by atoms with Crippen molar-refractivity contribution < 1.29 is 28.5 Å². The molecule has 0 aromatic heterocycles. The highest BCUT2D eigenvalue weighted by Crippen LogP contribution is 2.27. The minimum Gasteiger partial charge on any atom is -0.496 e. The van der Waals surface area contributed by atoms with Gasteiger partial charge in [-0.05, 0) is 12.1 Å². The van der Waals surface area contributed by atoms with E-state index in [0.29, 0.717) is 22.9 Å². The fourth-order valence-electron chi connectivity index (χ4n) is 2.08. The van der Waals surface area contributed by atoms with E-state index >= 15 is 0 Å². The van der Waals surface area contributed by atoms with Gasteiger partial charge in [0.05, 0.1) is 32.6 Å². The molecule has 132 valence electrons. The van der Waals surface area contributed by atoms with Gasteiger partial charge in [0.25, 0.3) is 5.91 Å². The fourth-order valence-corrected chi connectivity index (χ4v) is 2.08. The van der Waals surface area contributed by atoms with Crippen molar-refractivity contribution in [3.8, 4) is 17.2 Å². The first-order chi connectivity index (χ1) is 12.1. The van der Waals surface area contributed by atoms with E-state index in [1.54, 1.807) is 42.5 Å². The standard InChI is InChI=1S/C18H19NO6/c1-22-12-8-13(23-2)10-14(9-12)25-11-17(20)19-16-7-5-4-6-15(16)18(21)24-3/h4-10H,11H2,1-3H3,(H,19,20). The summed E-state index contributed by atoms with van der Waals surface area (Å²) >= 11 is 0. The van der Waals surface area contributed by atoms with Gasteiger partial charge in [-0.1, -0.05) is 12.1 Å². The third-order valence-electron chi connectivity index (χ3n) is 3.30. The quantitative estimate of drug-likeness (QED) is 0.777. The maximum absolute atomic E-state index is 12.1. The van der Waals surface area contributed by atoms with Crippen LogP contribution in [0, 0.1) is 0 Å². The molecule has 1 amide bonds. The van der Waals surface area contributed by atoms with Crippen LogP contribution in [0.3, 0.4) is 0 Å². The number of para-hydroxylation sites is 1. The van der Waals surface area contributed by atoms with Crippen LogP contribution in [-0.4, -0.2) is 39.8 Å². The number of methoxy groups -OCH3 is 3. The average molecular weight is 345 g/mol. The molecule has 0 unspecified atom stereocenters. The molecular formula is C18H19NO6. The highest BCUT2D eigenvalue weighted by Gasteiger charge is 2.13. The second-order valence-electron chi connectivity index (χ2n) is 4.92. The molecule has 0 bridgehead atoms. The largest absolute Gasteiger partial charge is 0.496 e. The van der Waals surface area contributed by atoms with E-state index in [-0.39, 0.29) is 12.2 Å². The molecule has 0 aliphatic rings. The number of anilines is 1. The van der Waals surface area contributed by atoms with E-state index in [2.05, 4.69) is 10.1 Å². The molecule has 0 saturated carbocycles. The molecule has 1 N–H and O–H groups in total. The molecule has 0 spiro atoms. The topological polar surface area (TPSA) is 83.1 Å². The van der Waals surface area contributed by atoms with Crippen LogP contribution in [0.1, 0.15) is 10.4 Å². The zero-order valence-corrected chi connectivity index (χ0v) is 14.2. The average Bonchev–Trinajstić information content (AvgIpc) is 2.65. The number of amides is 1. The van der Waals surface area contributed by atoms with E-state index in [4.69, 9.17) is 14.2 Å². The van der Waals surface area contributed by atoms with Crippen LogP contribution in [0.2, 0.25) is 0 Å². The lowest BCUT2D eigenvalue weighted by Crippen LogP contribution is -2.21. The zero-order chi connectivity index (χ0) is 18.2. The highest BCUT2D eigenvalue weighted by atomic mass is 16.5. The lowest BCUT2D eigenvalue weighted by Gasteiger charge is -2.12. The van der Waals surface area contributed by atoms with Gasteiger partial charge < -0.3 is 24.3 Å². The van der Waals surface area contributed by atoms with E-state index in [0.717, 1.165) is 0 Å². The predicted octanol–water partition coefficient (Wildman–Crippen LogP) is 2.51. The molecule has 25 heavy (non-hydrogen) atoms. The van der Waals surface area contributed by atoms with E-state index in [1.165, 1.54) is 21.3 Å². The van der Waals surface area contributed by atoms with Crippen molar-refractivity contribution in [2.75, 3.05) is 33.3 Å². The smallest absolute Gasteiger partial charge is 0.339 e. The van der Waals surface area contributed by atoms with Gasteiger partial charge in [0.2, 0.25) is 0 Å². The first-order valence-corrected chi connectivity index (χ1v) is 7.40. The second-order valence-corrected chi connectivity index (χ2v) is 4.92. The maximum Gasteiger partial charge on any atom is 0.339 e. The molecular weight excluding hydrogens is 326 g/mol. The number of hydrogen-bond acceptors (Lipinski definition) is 6. The minimum absolute atomic E-state index is 0.244. The monoisotopic (exact) mass is 345 g/mol. The van der Waals surface area contributed by atoms with Crippen molar-refractivity contribution in [3.63, 3.8) is 0 Å². The lowest BCUT2D eigenvalue weighted by atomic mass is 10.2. The van der Waals surface area contributed by atoms with Crippen LogP contribution >= 0.6 is 0 Å². The Hall–Kier alpha value is -3.22. The number of esters is 1. The summed E-state index contributed by atoms with van der Waals surface area (Å²) in [5.74, 6) is 0.566. The Kier molecular flexibility index (Phi) is 6.22. The summed E-state index contributed by atoms with van der Waals surface area (Å²) in [6.45, 7) is -0.244. The van der Waals surface area contributed by atoms with E-state index in [1.807, 2.05) is 0 Å². The summed E-state index contributed by atoms with van der Waals surface area (Å²) in [4.78, 5) is 23.8. The second kappa shape index (κ2) is 8.58. The number of carbonyl (C=O) groups is 2. The number of hydrogen-bond donors (Lipinski definition) is 1. The van der Waals surface area contributed by atoms with Crippen molar-refractivity contribution >= 4 is 17.6 Å². The molecule has 7 heteroatoms. The summed E-state index contributed by atoms with van der Waals surface area (Å²) in [5, 5.41) is 2.63. The van der Waals surface area contributed by atoms with E-state index < -0.39 is 11.9 Å². The van der Waals surface area contributed by atoms with Crippen molar-refractivity contribution in [2.45, 2.75) is 0 Å². The molecule has 2 aromatic rings. The van der Waals surface area contributed by atoms with Crippen molar-refractivity contribution in [2.24, 2.45) is 0 Å². The molecule has 0 aliphatic carbocycles. The van der Waals surface area contributed by atoms with E-state index in [9.17, 15) is 9.59 Å². The van der Waals surface area contributed by atoms with Crippen LogP contribution < -0.4 is 19.5 Å². The Morgan fingerprint density at radius 1 is 0.920 bits per heavy atom. The zero-order valence-electron chi connectivity index (χ0n) is 14.2. The van der Waals surface area contributed by atoms with Crippen LogP contribution in [-0.2, 0) is 9.53 Å². The molecule has 2 aromatic carbocycles. The van der Waals surface area contributed by atoms with Gasteiger partial charge >= 0.3 is 5.97 Å². The molecule has 0 atom stereocenters. The Labute approximate surface area is 145 Å². The normalized spacial score (nSPS) is 9.88. The van der Waals surface area contributed by atoms with Crippen LogP contribution in [0.15, 0.2) is 42.5 Å². The van der Waals surface area contributed by atoms with Gasteiger partial charge in [0, 0.05) is 18.2 Å². The SMILES string of the molecule is COC(=O)c1ccccc1NC(=O)COc1cc(OC)cc(OC)c1. The molecule has 2 rings (SSSR count). The van der Waals surface area contributed by atoms with Crippen LogP contribution in [0.4, 0.5) is 5.69 Å². The summed E-state index contributed by atoms with van der Waals surface area (Å²) in [5.41, 5.74) is 0.618. The summed E-state index contributed by atoms with van der Waals surface area (Å²) in [6.07, 6.45) is 0. The number of ether oxygens (including phenoxy) is 4. The Morgan fingerprint density at radius 2 is 1.52 bits per heavy atom. The third-order valence-corrected chi connectivity index (χ3v) is 3.30. The number of rotatable bonds is 7. The molecule has 0 radical (unpaired) electrons. The minimum atomic E-state index is -0.533. The third kappa shape index (κ3) is 4.87. The Morgan fingerprint density at radius 3 is 2.12 bits per heavy atom. The Balaban J connectivity index is 2.03. The molecule has 7 nitrogen and oxygen atoms in total. The fraction of sp³-hybridized carbons (Fsp3) is 0.222. The molecule has 0 fully saturated rings. The summed E-state index contributed by atoms with van der Waals surface area (Å²) in [6, 6.07) is 11.5. The highest BCUT2D eigenvalue weighted by molar-refractivity contribution is 6.01. The van der Waals surface area contributed by atoms with Gasteiger partial charge in [-0.3, -0.25) is 4.79 Å². The predicted molar refractivity (Wildman–Crippen MR) is 91.5 cm³/mol.